The van der Waals surface area contributed by atoms with Crippen LogP contribution in [0, 0.1) is 6.92 Å². The van der Waals surface area contributed by atoms with E-state index in [0.717, 1.165) is 30.1 Å². The highest BCUT2D eigenvalue weighted by molar-refractivity contribution is 8.18. The number of aryl methyl sites for hydroxylation is 1. The molecule has 6 heteroatoms. The van der Waals surface area contributed by atoms with Crippen LogP contribution in [0.15, 0.2) is 52.4 Å². The van der Waals surface area contributed by atoms with Gasteiger partial charge in [-0.3, -0.25) is 4.79 Å². The Morgan fingerprint density at radius 2 is 1.90 bits per heavy atom. The molecule has 1 amide bonds. The number of anilines is 1. The fraction of sp³-hybridized carbons (Fsp3) is 0.333. The molecular formula is C24H27N3O2S. The van der Waals surface area contributed by atoms with Crippen molar-refractivity contribution in [3.05, 3.63) is 58.5 Å². The number of nitrogens with zero attached hydrogens (tertiary/aromatic N) is 2. The second-order valence-electron chi connectivity index (χ2n) is 7.50. The van der Waals surface area contributed by atoms with Gasteiger partial charge in [-0.2, -0.15) is 0 Å². The van der Waals surface area contributed by atoms with Crippen LogP contribution in [0.1, 0.15) is 37.3 Å². The molecule has 0 spiro atoms. The lowest BCUT2D eigenvalue weighted by molar-refractivity contribution is -0.115. The molecule has 2 aliphatic heterocycles. The normalized spacial score (nSPS) is 19.4. The van der Waals surface area contributed by atoms with Gasteiger partial charge in [-0.25, -0.2) is 4.99 Å². The first-order valence-electron chi connectivity index (χ1n) is 10.5. The lowest BCUT2D eigenvalue weighted by Gasteiger charge is -2.29. The monoisotopic (exact) mass is 421 g/mol. The topological polar surface area (TPSA) is 53.9 Å². The summed E-state index contributed by atoms with van der Waals surface area (Å²) >= 11 is 1.37. The van der Waals surface area contributed by atoms with Gasteiger partial charge in [0.1, 0.15) is 5.75 Å². The fourth-order valence-corrected chi connectivity index (χ4v) is 4.53. The van der Waals surface area contributed by atoms with Gasteiger partial charge in [-0.05, 0) is 98.5 Å². The summed E-state index contributed by atoms with van der Waals surface area (Å²) in [6, 6.07) is 14.0. The van der Waals surface area contributed by atoms with Gasteiger partial charge in [0, 0.05) is 18.8 Å². The molecule has 30 heavy (non-hydrogen) atoms. The van der Waals surface area contributed by atoms with Crippen LogP contribution < -0.4 is 15.0 Å². The minimum Gasteiger partial charge on any atom is -0.494 e. The molecule has 2 saturated heterocycles. The zero-order valence-corrected chi connectivity index (χ0v) is 18.3. The summed E-state index contributed by atoms with van der Waals surface area (Å²) < 4.78 is 5.45. The van der Waals surface area contributed by atoms with Gasteiger partial charge in [-0.15, -0.1) is 0 Å². The highest BCUT2D eigenvalue weighted by atomic mass is 32.2. The summed E-state index contributed by atoms with van der Waals surface area (Å²) in [5.41, 5.74) is 4.30. The molecule has 0 saturated carbocycles. The molecule has 0 atom stereocenters. The zero-order chi connectivity index (χ0) is 20.9. The highest BCUT2D eigenvalue weighted by Gasteiger charge is 2.24. The molecule has 2 aliphatic rings. The summed E-state index contributed by atoms with van der Waals surface area (Å²) in [6.07, 6.45) is 5.80. The molecule has 0 bridgehead atoms. The molecule has 156 valence electrons. The number of ether oxygens (including phenoxy) is 1. The number of amidine groups is 1. The number of rotatable bonds is 5. The van der Waals surface area contributed by atoms with Crippen molar-refractivity contribution in [1.82, 2.24) is 5.32 Å². The molecule has 1 N–H and O–H groups in total. The third-order valence-corrected chi connectivity index (χ3v) is 6.20. The SMILES string of the molecule is CCOc1ccc(N=C2NC(=O)C(=Cc3ccc(N4CCCCC4)cc3C)S2)cc1. The molecule has 0 radical (unpaired) electrons. The summed E-state index contributed by atoms with van der Waals surface area (Å²) in [5, 5.41) is 3.46. The molecule has 2 aromatic rings. The Labute approximate surface area is 182 Å². The summed E-state index contributed by atoms with van der Waals surface area (Å²) in [5.74, 6) is 0.706. The van der Waals surface area contributed by atoms with Crippen LogP contribution in [0.3, 0.4) is 0 Å². The molecule has 0 aliphatic carbocycles. The second-order valence-corrected chi connectivity index (χ2v) is 8.53. The summed E-state index contributed by atoms with van der Waals surface area (Å²) in [4.78, 5) is 20.1. The first kappa shape index (κ1) is 20.5. The molecule has 5 nitrogen and oxygen atoms in total. The largest absolute Gasteiger partial charge is 0.494 e. The quantitative estimate of drug-likeness (QED) is 0.668. The lowest BCUT2D eigenvalue weighted by Crippen LogP contribution is -2.29. The number of hydrogen-bond donors (Lipinski definition) is 1. The van der Waals surface area contributed by atoms with E-state index >= 15 is 0 Å². The predicted octanol–water partition coefficient (Wildman–Crippen LogP) is 5.28. The van der Waals surface area contributed by atoms with Crippen LogP contribution in [0.5, 0.6) is 5.75 Å². The molecule has 0 aromatic heterocycles. The van der Waals surface area contributed by atoms with Crippen LogP contribution in [0.2, 0.25) is 0 Å². The number of thioether (sulfide) groups is 1. The van der Waals surface area contributed by atoms with Crippen molar-refractivity contribution in [2.24, 2.45) is 4.99 Å². The molecule has 2 heterocycles. The number of amides is 1. The first-order chi connectivity index (χ1) is 14.6. The van der Waals surface area contributed by atoms with E-state index in [1.165, 1.54) is 42.3 Å². The van der Waals surface area contributed by atoms with E-state index in [9.17, 15) is 4.79 Å². The molecule has 0 unspecified atom stereocenters. The predicted molar refractivity (Wildman–Crippen MR) is 126 cm³/mol. The molecule has 2 fully saturated rings. The van der Waals surface area contributed by atoms with Crippen molar-refractivity contribution in [3.8, 4) is 5.75 Å². The number of hydrogen-bond acceptors (Lipinski definition) is 5. The van der Waals surface area contributed by atoms with Crippen LogP contribution >= 0.6 is 11.8 Å². The van der Waals surface area contributed by atoms with E-state index in [1.54, 1.807) is 0 Å². The van der Waals surface area contributed by atoms with Gasteiger partial charge in [0.25, 0.3) is 5.91 Å². The number of piperidine rings is 1. The van der Waals surface area contributed by atoms with E-state index in [4.69, 9.17) is 4.74 Å². The van der Waals surface area contributed by atoms with Crippen molar-refractivity contribution >= 4 is 40.3 Å². The third-order valence-electron chi connectivity index (χ3n) is 5.29. The number of carbonyl (C=O) groups is 1. The Hall–Kier alpha value is -2.73. The van der Waals surface area contributed by atoms with Crippen LogP contribution in [-0.2, 0) is 4.79 Å². The van der Waals surface area contributed by atoms with Gasteiger partial charge < -0.3 is 15.0 Å². The maximum absolute atomic E-state index is 12.4. The van der Waals surface area contributed by atoms with E-state index in [1.807, 2.05) is 37.3 Å². The van der Waals surface area contributed by atoms with Crippen LogP contribution in [-0.4, -0.2) is 30.8 Å². The van der Waals surface area contributed by atoms with E-state index < -0.39 is 0 Å². The average molecular weight is 422 g/mol. The highest BCUT2D eigenvalue weighted by Crippen LogP contribution is 2.30. The van der Waals surface area contributed by atoms with Crippen LogP contribution in [0.25, 0.3) is 6.08 Å². The fourth-order valence-electron chi connectivity index (χ4n) is 3.69. The Kier molecular flexibility index (Phi) is 6.43. The van der Waals surface area contributed by atoms with Gasteiger partial charge in [0.15, 0.2) is 5.17 Å². The Balaban J connectivity index is 1.48. The minimum atomic E-state index is -0.107. The number of aliphatic imine (C=N–C) groups is 1. The summed E-state index contributed by atoms with van der Waals surface area (Å²) in [6.45, 7) is 6.95. The number of carbonyl (C=O) groups excluding carboxylic acids is 1. The molecule has 2 aromatic carbocycles. The smallest absolute Gasteiger partial charge is 0.264 e. The molecular weight excluding hydrogens is 394 g/mol. The Morgan fingerprint density at radius 3 is 2.60 bits per heavy atom. The van der Waals surface area contributed by atoms with Crippen LogP contribution in [0.4, 0.5) is 11.4 Å². The standard InChI is InChI=1S/C24H27N3O2S/c1-3-29-21-11-8-19(9-12-21)25-24-26-23(28)22(30-24)16-18-7-10-20(15-17(18)2)27-13-5-4-6-14-27/h7-12,15-16H,3-6,13-14H2,1-2H3,(H,25,26,28). The van der Waals surface area contributed by atoms with Gasteiger partial charge >= 0.3 is 0 Å². The molecule has 4 rings (SSSR count). The first-order valence-corrected chi connectivity index (χ1v) is 11.3. The lowest BCUT2D eigenvalue weighted by atomic mass is 10.0. The van der Waals surface area contributed by atoms with E-state index in [2.05, 4.69) is 40.3 Å². The van der Waals surface area contributed by atoms with Crippen molar-refractivity contribution in [2.75, 3.05) is 24.6 Å². The maximum Gasteiger partial charge on any atom is 0.264 e. The Bertz CT molecular complexity index is 976. The maximum atomic E-state index is 12.4. The van der Waals surface area contributed by atoms with Crippen molar-refractivity contribution in [3.63, 3.8) is 0 Å². The second kappa shape index (κ2) is 9.39. The Morgan fingerprint density at radius 1 is 1.13 bits per heavy atom. The summed E-state index contributed by atoms with van der Waals surface area (Å²) in [7, 11) is 0. The minimum absolute atomic E-state index is 0.107. The number of benzene rings is 2. The third kappa shape index (κ3) is 4.87. The van der Waals surface area contributed by atoms with Gasteiger partial charge in [0.2, 0.25) is 0 Å². The average Bonchev–Trinajstić information content (AvgIpc) is 3.10. The number of nitrogens with one attached hydrogen (secondary N) is 1. The van der Waals surface area contributed by atoms with Crippen molar-refractivity contribution < 1.29 is 9.53 Å². The van der Waals surface area contributed by atoms with Crippen molar-refractivity contribution in [2.45, 2.75) is 33.1 Å². The van der Waals surface area contributed by atoms with Gasteiger partial charge in [-0.1, -0.05) is 6.07 Å². The van der Waals surface area contributed by atoms with Gasteiger partial charge in [0.05, 0.1) is 17.2 Å². The van der Waals surface area contributed by atoms with Crippen molar-refractivity contribution in [1.29, 1.82) is 0 Å². The van der Waals surface area contributed by atoms with E-state index in [0.29, 0.717) is 16.7 Å². The zero-order valence-electron chi connectivity index (χ0n) is 17.5. The van der Waals surface area contributed by atoms with E-state index in [-0.39, 0.29) is 5.91 Å².